The second-order valence-corrected chi connectivity index (χ2v) is 6.28. The van der Waals surface area contributed by atoms with Crippen molar-refractivity contribution in [1.29, 1.82) is 0 Å². The summed E-state index contributed by atoms with van der Waals surface area (Å²) in [6.45, 7) is 1.19. The Kier molecular flexibility index (Phi) is 4.20. The Morgan fingerprint density at radius 3 is 2.61 bits per heavy atom. The van der Waals surface area contributed by atoms with Crippen LogP contribution in [0.15, 0.2) is 23.9 Å². The standard InChI is InChI=1S/C18H20N2O3/c1-2-14-15(23)10-13-4-3-7-19-16(13)17(14)20-8-5-18(11-21,12-22)6-9-20/h1,3-4,7,21-22H,5-6,8-12H2. The molecule has 3 rings (SSSR count). The predicted octanol–water partition coefficient (Wildman–Crippen LogP) is 0.618. The number of nitrogens with zero attached hydrogens (tertiary/aromatic N) is 2. The van der Waals surface area contributed by atoms with E-state index < -0.39 is 5.41 Å². The van der Waals surface area contributed by atoms with E-state index in [9.17, 15) is 15.0 Å². The van der Waals surface area contributed by atoms with Crippen LogP contribution in [0.5, 0.6) is 0 Å². The van der Waals surface area contributed by atoms with Gasteiger partial charge in [-0.05, 0) is 24.5 Å². The zero-order chi connectivity index (χ0) is 16.4. The molecule has 0 unspecified atom stereocenters. The van der Waals surface area contributed by atoms with Crippen LogP contribution in [0, 0.1) is 17.8 Å². The number of carbonyl (C=O) groups excluding carboxylic acids is 1. The molecule has 1 saturated heterocycles. The van der Waals surface area contributed by atoms with E-state index in [0.29, 0.717) is 31.5 Å². The molecule has 5 nitrogen and oxygen atoms in total. The van der Waals surface area contributed by atoms with Gasteiger partial charge in [-0.3, -0.25) is 9.78 Å². The molecule has 1 aliphatic heterocycles. The average Bonchev–Trinajstić information content (AvgIpc) is 2.60. The fourth-order valence-electron chi connectivity index (χ4n) is 3.33. The van der Waals surface area contributed by atoms with Crippen molar-refractivity contribution in [1.82, 2.24) is 9.88 Å². The summed E-state index contributed by atoms with van der Waals surface area (Å²) in [7, 11) is 0. The highest BCUT2D eigenvalue weighted by Crippen LogP contribution is 2.37. The van der Waals surface area contributed by atoms with E-state index in [2.05, 4.69) is 15.8 Å². The third-order valence-corrected chi connectivity index (χ3v) is 4.94. The van der Waals surface area contributed by atoms with E-state index in [1.54, 1.807) is 6.20 Å². The summed E-state index contributed by atoms with van der Waals surface area (Å²) in [5, 5.41) is 19.1. The molecule has 0 amide bonds. The number of Topliss-reactive ketones (excluding diaryl/α,β-unsaturated/α-hetero) is 1. The van der Waals surface area contributed by atoms with Crippen molar-refractivity contribution < 1.29 is 15.0 Å². The second-order valence-electron chi connectivity index (χ2n) is 6.28. The van der Waals surface area contributed by atoms with Gasteiger partial charge in [0, 0.05) is 31.1 Å². The number of ketones is 1. The number of piperidine rings is 1. The molecular formula is C18H20N2O3. The van der Waals surface area contributed by atoms with Crippen LogP contribution in [0.3, 0.4) is 0 Å². The van der Waals surface area contributed by atoms with Crippen LogP contribution in [0.4, 0.5) is 0 Å². The van der Waals surface area contributed by atoms with E-state index in [-0.39, 0.29) is 25.4 Å². The molecule has 2 aliphatic rings. The Labute approximate surface area is 135 Å². The zero-order valence-corrected chi connectivity index (χ0v) is 13.0. The number of terminal acetylenes is 1. The highest BCUT2D eigenvalue weighted by atomic mass is 16.3. The number of hydrogen-bond donors (Lipinski definition) is 2. The fraction of sp³-hybridized carbons (Fsp3) is 0.444. The lowest BCUT2D eigenvalue weighted by Gasteiger charge is -2.42. The van der Waals surface area contributed by atoms with Crippen LogP contribution in [0.2, 0.25) is 0 Å². The molecule has 120 valence electrons. The van der Waals surface area contributed by atoms with Gasteiger partial charge in [0.05, 0.1) is 30.2 Å². The average molecular weight is 312 g/mol. The maximum absolute atomic E-state index is 12.3. The van der Waals surface area contributed by atoms with E-state index in [0.717, 1.165) is 17.0 Å². The molecule has 2 N–H and O–H groups in total. The number of aliphatic hydroxyl groups is 2. The summed E-state index contributed by atoms with van der Waals surface area (Å²) in [4.78, 5) is 18.9. The number of aromatic nitrogens is 1. The quantitative estimate of drug-likeness (QED) is 0.801. The Balaban J connectivity index is 1.97. The predicted molar refractivity (Wildman–Crippen MR) is 86.1 cm³/mol. The van der Waals surface area contributed by atoms with Crippen molar-refractivity contribution in [2.45, 2.75) is 19.3 Å². The van der Waals surface area contributed by atoms with Gasteiger partial charge in [0.1, 0.15) is 0 Å². The van der Waals surface area contributed by atoms with Crippen LogP contribution in [0.1, 0.15) is 24.1 Å². The lowest BCUT2D eigenvalue weighted by atomic mass is 9.79. The third-order valence-electron chi connectivity index (χ3n) is 4.94. The van der Waals surface area contributed by atoms with Crippen LogP contribution < -0.4 is 0 Å². The molecule has 0 aromatic carbocycles. The summed E-state index contributed by atoms with van der Waals surface area (Å²) in [5.74, 6) is 2.49. The molecule has 0 atom stereocenters. The van der Waals surface area contributed by atoms with E-state index in [1.165, 1.54) is 0 Å². The molecule has 0 spiro atoms. The number of rotatable bonds is 3. The normalized spacial score (nSPS) is 20.2. The van der Waals surface area contributed by atoms with Crippen LogP contribution in [-0.4, -0.2) is 52.2 Å². The van der Waals surface area contributed by atoms with Crippen LogP contribution >= 0.6 is 0 Å². The highest BCUT2D eigenvalue weighted by Gasteiger charge is 2.37. The second kappa shape index (κ2) is 6.15. The topological polar surface area (TPSA) is 73.7 Å². The minimum atomic E-state index is -0.445. The van der Waals surface area contributed by atoms with Crippen molar-refractivity contribution in [3.8, 4) is 12.3 Å². The van der Waals surface area contributed by atoms with Gasteiger partial charge < -0.3 is 15.1 Å². The van der Waals surface area contributed by atoms with E-state index in [1.807, 2.05) is 12.1 Å². The summed E-state index contributed by atoms with van der Waals surface area (Å²) in [6, 6.07) is 3.73. The maximum Gasteiger partial charge on any atom is 0.177 e. The van der Waals surface area contributed by atoms with Gasteiger partial charge in [0.2, 0.25) is 0 Å². The van der Waals surface area contributed by atoms with Gasteiger partial charge in [-0.2, -0.15) is 0 Å². The number of hydrogen-bond acceptors (Lipinski definition) is 5. The molecule has 23 heavy (non-hydrogen) atoms. The molecule has 1 aromatic heterocycles. The van der Waals surface area contributed by atoms with Crippen molar-refractivity contribution in [2.24, 2.45) is 5.41 Å². The molecule has 1 fully saturated rings. The van der Waals surface area contributed by atoms with Gasteiger partial charge in [-0.1, -0.05) is 12.0 Å². The first-order valence-corrected chi connectivity index (χ1v) is 7.79. The van der Waals surface area contributed by atoms with Crippen LogP contribution in [0.25, 0.3) is 5.70 Å². The first kappa shape index (κ1) is 15.7. The molecule has 1 aliphatic carbocycles. The van der Waals surface area contributed by atoms with Crippen molar-refractivity contribution in [3.05, 3.63) is 35.2 Å². The van der Waals surface area contributed by atoms with E-state index in [4.69, 9.17) is 6.42 Å². The van der Waals surface area contributed by atoms with Gasteiger partial charge >= 0.3 is 0 Å². The number of fused-ring (bicyclic) bond motifs is 1. The first-order valence-electron chi connectivity index (χ1n) is 7.79. The lowest BCUT2D eigenvalue weighted by Crippen LogP contribution is -2.44. The Bertz CT molecular complexity index is 688. The van der Waals surface area contributed by atoms with Gasteiger partial charge in [0.15, 0.2) is 5.78 Å². The number of aliphatic hydroxyl groups excluding tert-OH is 2. The summed E-state index contributed by atoms with van der Waals surface area (Å²) in [5.41, 5.74) is 2.34. The van der Waals surface area contributed by atoms with Crippen LogP contribution in [-0.2, 0) is 11.2 Å². The number of allylic oxidation sites excluding steroid dienone is 1. The maximum atomic E-state index is 12.3. The molecule has 5 heteroatoms. The zero-order valence-electron chi connectivity index (χ0n) is 13.0. The Hall–Kier alpha value is -2.16. The van der Waals surface area contributed by atoms with Gasteiger partial charge in [-0.25, -0.2) is 0 Å². The summed E-state index contributed by atoms with van der Waals surface area (Å²) in [6.07, 6.45) is 8.89. The van der Waals surface area contributed by atoms with Crippen molar-refractivity contribution in [3.63, 3.8) is 0 Å². The van der Waals surface area contributed by atoms with Gasteiger partial charge in [-0.15, -0.1) is 6.42 Å². The largest absolute Gasteiger partial charge is 0.396 e. The third kappa shape index (κ3) is 2.65. The minimum absolute atomic E-state index is 0.0356. The highest BCUT2D eigenvalue weighted by molar-refractivity contribution is 6.09. The minimum Gasteiger partial charge on any atom is -0.396 e. The van der Waals surface area contributed by atoms with Gasteiger partial charge in [0.25, 0.3) is 0 Å². The number of pyridine rings is 1. The molecule has 0 bridgehead atoms. The lowest BCUT2D eigenvalue weighted by molar-refractivity contribution is -0.114. The van der Waals surface area contributed by atoms with Crippen molar-refractivity contribution in [2.75, 3.05) is 26.3 Å². The summed E-state index contributed by atoms with van der Waals surface area (Å²) >= 11 is 0. The molecule has 0 saturated carbocycles. The smallest absolute Gasteiger partial charge is 0.177 e. The summed E-state index contributed by atoms with van der Waals surface area (Å²) < 4.78 is 0. The fourth-order valence-corrected chi connectivity index (χ4v) is 3.33. The van der Waals surface area contributed by atoms with E-state index >= 15 is 0 Å². The molecule has 0 radical (unpaired) electrons. The molecule has 1 aromatic rings. The first-order chi connectivity index (χ1) is 11.1. The Morgan fingerprint density at radius 1 is 1.30 bits per heavy atom. The van der Waals surface area contributed by atoms with Crippen molar-refractivity contribution >= 4 is 11.5 Å². The Morgan fingerprint density at radius 2 is 2.00 bits per heavy atom. The molecule has 2 heterocycles. The number of carbonyl (C=O) groups is 1. The molecular weight excluding hydrogens is 292 g/mol. The SMILES string of the molecule is C#CC1=C(N2CCC(CO)(CO)CC2)c2ncccc2CC1=O. The monoisotopic (exact) mass is 312 g/mol. The number of likely N-dealkylation sites (tertiary alicyclic amines) is 1.